The number of rotatable bonds is 9. The zero-order chi connectivity index (χ0) is 15.8. The molecule has 0 atom stereocenters. The Hall–Kier alpha value is -1.42. The highest BCUT2D eigenvalue weighted by Gasteiger charge is 2.14. The van der Waals surface area contributed by atoms with Gasteiger partial charge in [-0.25, -0.2) is 4.79 Å². The molecule has 0 saturated carbocycles. The minimum atomic E-state index is -1.02. The molecule has 0 saturated heterocycles. The van der Waals surface area contributed by atoms with Gasteiger partial charge in [0.15, 0.2) is 0 Å². The Bertz CT molecular complexity index is 476. The second kappa shape index (κ2) is 8.78. The van der Waals surface area contributed by atoms with Crippen LogP contribution in [-0.4, -0.2) is 17.6 Å². The van der Waals surface area contributed by atoms with Crippen molar-refractivity contribution in [2.75, 3.05) is 17.6 Å². The second-order valence-electron chi connectivity index (χ2n) is 5.75. The molecule has 0 aliphatic rings. The van der Waals surface area contributed by atoms with Crippen LogP contribution < -0.4 is 11.1 Å². The van der Waals surface area contributed by atoms with E-state index in [4.69, 9.17) is 17.3 Å². The molecule has 118 valence electrons. The smallest absolute Gasteiger partial charge is 0.337 e. The first kappa shape index (κ1) is 17.6. The van der Waals surface area contributed by atoms with Gasteiger partial charge in [-0.05, 0) is 24.5 Å². The Morgan fingerprint density at radius 2 is 1.95 bits per heavy atom. The van der Waals surface area contributed by atoms with Crippen LogP contribution in [0.2, 0.25) is 5.02 Å². The molecule has 1 rings (SSSR count). The normalized spacial score (nSPS) is 10.9. The number of unbranched alkanes of at least 4 members (excludes halogenated alkanes) is 3. The van der Waals surface area contributed by atoms with E-state index in [9.17, 15) is 9.90 Å². The molecule has 0 spiro atoms. The number of carbonyl (C=O) groups is 1. The third kappa shape index (κ3) is 6.25. The van der Waals surface area contributed by atoms with Gasteiger partial charge in [-0.15, -0.1) is 0 Å². The molecule has 5 heteroatoms. The van der Waals surface area contributed by atoms with E-state index in [0.717, 1.165) is 18.8 Å². The average molecular weight is 313 g/mol. The molecule has 0 heterocycles. The van der Waals surface area contributed by atoms with Crippen molar-refractivity contribution in [2.24, 2.45) is 5.92 Å². The van der Waals surface area contributed by atoms with Crippen LogP contribution in [0.15, 0.2) is 12.1 Å². The summed E-state index contributed by atoms with van der Waals surface area (Å²) in [5, 5.41) is 12.7. The molecule has 0 amide bonds. The number of hydrogen-bond acceptors (Lipinski definition) is 3. The summed E-state index contributed by atoms with van der Waals surface area (Å²) in [4.78, 5) is 11.2. The fraction of sp³-hybridized carbons (Fsp3) is 0.562. The van der Waals surface area contributed by atoms with Crippen molar-refractivity contribution in [2.45, 2.75) is 46.0 Å². The lowest BCUT2D eigenvalue weighted by Crippen LogP contribution is -2.09. The quantitative estimate of drug-likeness (QED) is 0.458. The Morgan fingerprint density at radius 3 is 2.57 bits per heavy atom. The van der Waals surface area contributed by atoms with Crippen molar-refractivity contribution in [3.05, 3.63) is 22.7 Å². The first-order chi connectivity index (χ1) is 9.91. The third-order valence-corrected chi connectivity index (χ3v) is 3.65. The lowest BCUT2D eigenvalue weighted by atomic mass is 10.0. The molecule has 0 unspecified atom stereocenters. The fourth-order valence-electron chi connectivity index (χ4n) is 2.22. The number of carboxylic acid groups (broad SMARTS) is 1. The van der Waals surface area contributed by atoms with Gasteiger partial charge in [0.2, 0.25) is 0 Å². The van der Waals surface area contributed by atoms with Gasteiger partial charge >= 0.3 is 5.97 Å². The minimum absolute atomic E-state index is 0.125. The molecule has 4 nitrogen and oxygen atoms in total. The summed E-state index contributed by atoms with van der Waals surface area (Å²) in [7, 11) is 0. The number of aromatic carboxylic acids is 1. The topological polar surface area (TPSA) is 75.3 Å². The Morgan fingerprint density at radius 1 is 1.29 bits per heavy atom. The third-order valence-electron chi connectivity index (χ3n) is 3.35. The minimum Gasteiger partial charge on any atom is -0.478 e. The molecular weight excluding hydrogens is 288 g/mol. The van der Waals surface area contributed by atoms with Gasteiger partial charge in [0.1, 0.15) is 0 Å². The van der Waals surface area contributed by atoms with E-state index in [2.05, 4.69) is 19.2 Å². The summed E-state index contributed by atoms with van der Waals surface area (Å²) in [6.07, 6.45) is 5.86. The summed E-state index contributed by atoms with van der Waals surface area (Å²) in [6, 6.07) is 3.00. The first-order valence-electron chi connectivity index (χ1n) is 7.48. The highest BCUT2D eigenvalue weighted by molar-refractivity contribution is 6.34. The monoisotopic (exact) mass is 312 g/mol. The number of nitrogens with one attached hydrogen (secondary N) is 1. The van der Waals surface area contributed by atoms with E-state index >= 15 is 0 Å². The summed E-state index contributed by atoms with van der Waals surface area (Å²) < 4.78 is 0. The predicted octanol–water partition coefficient (Wildman–Crippen LogP) is 4.64. The van der Waals surface area contributed by atoms with Gasteiger partial charge in [-0.1, -0.05) is 51.1 Å². The number of hydrogen-bond donors (Lipinski definition) is 3. The average Bonchev–Trinajstić information content (AvgIpc) is 2.38. The number of anilines is 2. The van der Waals surface area contributed by atoms with Crippen molar-refractivity contribution < 1.29 is 9.90 Å². The highest BCUT2D eigenvalue weighted by atomic mass is 35.5. The van der Waals surface area contributed by atoms with Gasteiger partial charge in [-0.2, -0.15) is 0 Å². The summed E-state index contributed by atoms with van der Waals surface area (Å²) >= 11 is 6.07. The van der Waals surface area contributed by atoms with E-state index in [1.807, 2.05) is 0 Å². The van der Waals surface area contributed by atoms with Crippen molar-refractivity contribution >= 4 is 28.9 Å². The number of halogens is 1. The largest absolute Gasteiger partial charge is 0.478 e. The van der Waals surface area contributed by atoms with E-state index in [0.29, 0.717) is 22.9 Å². The lowest BCUT2D eigenvalue weighted by molar-refractivity contribution is 0.0698. The van der Waals surface area contributed by atoms with Gasteiger partial charge in [-0.3, -0.25) is 0 Å². The van der Waals surface area contributed by atoms with Crippen LogP contribution in [0.3, 0.4) is 0 Å². The van der Waals surface area contributed by atoms with Crippen molar-refractivity contribution in [1.82, 2.24) is 0 Å². The maximum atomic E-state index is 11.2. The standard InChI is InChI=1S/C16H25ClN2O2/c1-11(2)7-5-3-4-6-8-19-15-13(16(20)21)9-12(18)10-14(15)17/h9-11,19H,3-8,18H2,1-2H3,(H,20,21). The maximum absolute atomic E-state index is 11.2. The first-order valence-corrected chi connectivity index (χ1v) is 7.85. The zero-order valence-electron chi connectivity index (χ0n) is 12.8. The molecule has 0 fully saturated rings. The van der Waals surface area contributed by atoms with Crippen molar-refractivity contribution in [3.63, 3.8) is 0 Å². The summed E-state index contributed by atoms with van der Waals surface area (Å²) in [5.41, 5.74) is 6.57. The number of carboxylic acids is 1. The Labute approximate surface area is 131 Å². The van der Waals surface area contributed by atoms with Crippen LogP contribution in [0.5, 0.6) is 0 Å². The molecule has 1 aromatic rings. The Kier molecular flexibility index (Phi) is 7.37. The number of benzene rings is 1. The molecule has 0 aliphatic heterocycles. The molecule has 4 N–H and O–H groups in total. The van der Waals surface area contributed by atoms with Crippen LogP contribution in [-0.2, 0) is 0 Å². The molecule has 1 aromatic carbocycles. The second-order valence-corrected chi connectivity index (χ2v) is 6.16. The zero-order valence-corrected chi connectivity index (χ0v) is 13.5. The molecule has 0 aliphatic carbocycles. The molecule has 0 aromatic heterocycles. The van der Waals surface area contributed by atoms with Gasteiger partial charge < -0.3 is 16.2 Å². The fourth-order valence-corrected chi connectivity index (χ4v) is 2.52. The van der Waals surface area contributed by atoms with Gasteiger partial charge in [0, 0.05) is 12.2 Å². The highest BCUT2D eigenvalue weighted by Crippen LogP contribution is 2.29. The number of nitrogen functional groups attached to an aromatic ring is 1. The van der Waals surface area contributed by atoms with E-state index < -0.39 is 5.97 Å². The summed E-state index contributed by atoms with van der Waals surface area (Å²) in [6.45, 7) is 5.18. The molecule has 0 bridgehead atoms. The number of nitrogens with two attached hydrogens (primary N) is 1. The van der Waals surface area contributed by atoms with Crippen LogP contribution >= 0.6 is 11.6 Å². The van der Waals surface area contributed by atoms with Crippen LogP contribution in [0, 0.1) is 5.92 Å². The Balaban J connectivity index is 2.43. The SMILES string of the molecule is CC(C)CCCCCCNc1c(Cl)cc(N)cc1C(=O)O. The van der Waals surface area contributed by atoms with Crippen molar-refractivity contribution in [3.8, 4) is 0 Å². The maximum Gasteiger partial charge on any atom is 0.337 e. The van der Waals surface area contributed by atoms with E-state index in [1.54, 1.807) is 6.07 Å². The van der Waals surface area contributed by atoms with Crippen LogP contribution in [0.4, 0.5) is 11.4 Å². The predicted molar refractivity (Wildman–Crippen MR) is 89.2 cm³/mol. The van der Waals surface area contributed by atoms with Crippen LogP contribution in [0.1, 0.15) is 56.3 Å². The van der Waals surface area contributed by atoms with E-state index in [1.165, 1.54) is 25.3 Å². The van der Waals surface area contributed by atoms with Gasteiger partial charge in [0.05, 0.1) is 16.3 Å². The van der Waals surface area contributed by atoms with Crippen LogP contribution in [0.25, 0.3) is 0 Å². The van der Waals surface area contributed by atoms with E-state index in [-0.39, 0.29) is 5.56 Å². The lowest BCUT2D eigenvalue weighted by Gasteiger charge is -2.12. The molecule has 0 radical (unpaired) electrons. The molecule has 21 heavy (non-hydrogen) atoms. The summed E-state index contributed by atoms with van der Waals surface area (Å²) in [5.74, 6) is -0.265. The van der Waals surface area contributed by atoms with Gasteiger partial charge in [0.25, 0.3) is 0 Å². The van der Waals surface area contributed by atoms with Crippen molar-refractivity contribution in [1.29, 1.82) is 0 Å². The molecular formula is C16H25ClN2O2.